The first-order valence-corrected chi connectivity index (χ1v) is 11.8. The van der Waals surface area contributed by atoms with E-state index in [4.69, 9.17) is 10.5 Å². The predicted molar refractivity (Wildman–Crippen MR) is 143 cm³/mol. The van der Waals surface area contributed by atoms with Crippen LogP contribution >= 0.6 is 0 Å². The molecule has 0 aliphatic rings. The number of nitrogens with two attached hydrogens (primary N) is 1. The van der Waals surface area contributed by atoms with Crippen molar-refractivity contribution in [3.8, 4) is 5.69 Å². The number of hydrogen-bond donors (Lipinski definition) is 1. The van der Waals surface area contributed by atoms with Crippen LogP contribution in [0.4, 0.5) is 5.82 Å². The number of para-hydroxylation sites is 1. The number of rotatable bonds is 8. The van der Waals surface area contributed by atoms with E-state index in [0.29, 0.717) is 5.69 Å². The highest BCUT2D eigenvalue weighted by molar-refractivity contribution is 6.02. The number of aryl methyl sites for hydroxylation is 1. The minimum atomic E-state index is -0.854. The molecule has 0 radical (unpaired) electrons. The number of carbonyl (C=O) groups is 2. The molecule has 10 heteroatoms. The van der Waals surface area contributed by atoms with Gasteiger partial charge in [0.2, 0.25) is 5.78 Å². The normalized spacial score (nSPS) is 11.1. The van der Waals surface area contributed by atoms with E-state index in [1.54, 1.807) is 35.0 Å². The monoisotopic (exact) mass is 513 g/mol. The Hall–Kier alpha value is -4.99. The second-order valence-electron chi connectivity index (χ2n) is 8.67. The molecule has 0 atom stereocenters. The minimum absolute atomic E-state index is 0.0673. The Bertz CT molecular complexity index is 1650. The number of ketones is 1. The zero-order valence-electron chi connectivity index (χ0n) is 21.2. The summed E-state index contributed by atoms with van der Waals surface area (Å²) in [7, 11) is 1.26. The molecule has 0 unspecified atom stereocenters. The average Bonchev–Trinajstić information content (AvgIpc) is 3.21. The van der Waals surface area contributed by atoms with Gasteiger partial charge in [0.15, 0.2) is 6.61 Å². The zero-order valence-corrected chi connectivity index (χ0v) is 21.2. The van der Waals surface area contributed by atoms with Gasteiger partial charge in [-0.15, -0.1) is 0 Å². The Kier molecular flexibility index (Phi) is 7.52. The summed E-state index contributed by atoms with van der Waals surface area (Å²) in [6.45, 7) is 3.06. The van der Waals surface area contributed by atoms with E-state index < -0.39 is 35.2 Å². The van der Waals surface area contributed by atoms with Crippen molar-refractivity contribution in [3.05, 3.63) is 116 Å². The highest BCUT2D eigenvalue weighted by atomic mass is 16.5. The lowest BCUT2D eigenvalue weighted by Crippen LogP contribution is -2.43. The minimum Gasteiger partial charge on any atom is -0.454 e. The molecule has 0 aliphatic carbocycles. The molecule has 0 saturated carbocycles. The maximum atomic E-state index is 12.9. The van der Waals surface area contributed by atoms with E-state index in [1.165, 1.54) is 13.1 Å². The van der Waals surface area contributed by atoms with E-state index in [1.807, 2.05) is 50.2 Å². The summed E-state index contributed by atoms with van der Waals surface area (Å²) in [5.41, 5.74) is 8.09. The zero-order chi connectivity index (χ0) is 27.4. The summed E-state index contributed by atoms with van der Waals surface area (Å²) in [6, 6.07) is 18.6. The number of anilines is 1. The molecule has 4 rings (SSSR count). The molecule has 0 bridgehead atoms. The Morgan fingerprint density at radius 3 is 2.29 bits per heavy atom. The molecule has 2 heterocycles. The number of nitrogens with zero attached hydrogens (tertiary/aromatic N) is 4. The van der Waals surface area contributed by atoms with Crippen LogP contribution in [0.3, 0.4) is 0 Å². The van der Waals surface area contributed by atoms with Crippen LogP contribution in [0.25, 0.3) is 11.8 Å². The van der Waals surface area contributed by atoms with Crippen LogP contribution in [-0.4, -0.2) is 37.3 Å². The first kappa shape index (κ1) is 26.1. The van der Waals surface area contributed by atoms with Gasteiger partial charge in [-0.25, -0.2) is 14.3 Å². The molecule has 2 aromatic carbocycles. The van der Waals surface area contributed by atoms with Gasteiger partial charge in [0.25, 0.3) is 5.56 Å². The second kappa shape index (κ2) is 11.0. The van der Waals surface area contributed by atoms with Crippen molar-refractivity contribution in [2.24, 2.45) is 7.05 Å². The molecule has 0 saturated heterocycles. The summed E-state index contributed by atoms with van der Waals surface area (Å²) in [5, 5.41) is 4.53. The van der Waals surface area contributed by atoms with Crippen molar-refractivity contribution in [2.75, 3.05) is 12.3 Å². The summed E-state index contributed by atoms with van der Waals surface area (Å²) in [4.78, 5) is 50.6. The van der Waals surface area contributed by atoms with Crippen molar-refractivity contribution in [3.63, 3.8) is 0 Å². The summed E-state index contributed by atoms with van der Waals surface area (Å²) >= 11 is 0. The molecule has 0 fully saturated rings. The molecule has 0 amide bonds. The third-order valence-corrected chi connectivity index (χ3v) is 6.13. The van der Waals surface area contributed by atoms with Crippen LogP contribution in [0.1, 0.15) is 32.9 Å². The maximum Gasteiger partial charge on any atom is 0.332 e. The second-order valence-corrected chi connectivity index (χ2v) is 8.67. The summed E-state index contributed by atoms with van der Waals surface area (Å²) in [6.07, 6.45) is 2.76. The SMILES string of the molecule is Cc1nn(-c2ccccc2)c(C)c1C=CC(=O)OCC(=O)c1c(N)n(Cc2ccccc2)c(=O)n(C)c1=O. The average molecular weight is 514 g/mol. The van der Waals surface area contributed by atoms with E-state index in [9.17, 15) is 19.2 Å². The van der Waals surface area contributed by atoms with Gasteiger partial charge < -0.3 is 10.5 Å². The number of ether oxygens (including phenoxy) is 1. The number of Topliss-reactive ketones (excluding diaryl/α,β-unsaturated/α-hetero) is 1. The Morgan fingerprint density at radius 1 is 1.00 bits per heavy atom. The topological polar surface area (TPSA) is 131 Å². The number of aromatic nitrogens is 4. The molecule has 38 heavy (non-hydrogen) atoms. The lowest BCUT2D eigenvalue weighted by atomic mass is 10.1. The van der Waals surface area contributed by atoms with Crippen molar-refractivity contribution in [1.29, 1.82) is 0 Å². The smallest absolute Gasteiger partial charge is 0.332 e. The van der Waals surface area contributed by atoms with Crippen LogP contribution in [0.2, 0.25) is 0 Å². The predicted octanol–water partition coefficient (Wildman–Crippen LogP) is 2.42. The first-order chi connectivity index (χ1) is 18.2. The van der Waals surface area contributed by atoms with Crippen LogP contribution in [0, 0.1) is 13.8 Å². The lowest BCUT2D eigenvalue weighted by molar-refractivity contribution is -0.136. The van der Waals surface area contributed by atoms with E-state index in [2.05, 4.69) is 5.10 Å². The largest absolute Gasteiger partial charge is 0.454 e. The molecule has 0 aliphatic heterocycles. The van der Waals surface area contributed by atoms with Crippen LogP contribution in [-0.2, 0) is 23.1 Å². The summed E-state index contributed by atoms with van der Waals surface area (Å²) < 4.78 is 8.82. The van der Waals surface area contributed by atoms with Gasteiger partial charge >= 0.3 is 11.7 Å². The van der Waals surface area contributed by atoms with E-state index in [-0.39, 0.29) is 12.4 Å². The maximum absolute atomic E-state index is 12.9. The molecular weight excluding hydrogens is 486 g/mol. The third-order valence-electron chi connectivity index (χ3n) is 6.13. The number of esters is 1. The van der Waals surface area contributed by atoms with Crippen LogP contribution < -0.4 is 17.0 Å². The fourth-order valence-corrected chi connectivity index (χ4v) is 4.09. The Morgan fingerprint density at radius 2 is 1.63 bits per heavy atom. The highest BCUT2D eigenvalue weighted by Crippen LogP contribution is 2.19. The Balaban J connectivity index is 1.50. The van der Waals surface area contributed by atoms with Gasteiger partial charge in [0.1, 0.15) is 11.4 Å². The van der Waals surface area contributed by atoms with Gasteiger partial charge in [-0.2, -0.15) is 5.10 Å². The lowest BCUT2D eigenvalue weighted by Gasteiger charge is -2.14. The standard InChI is InChI=1S/C28H27N5O5/c1-18-22(19(2)33(30-18)21-12-8-5-9-13-21)14-15-24(35)38-17-23(34)25-26(29)32(28(37)31(3)27(25)36)16-20-10-6-4-7-11-20/h4-15H,16-17,29H2,1-3H3. The van der Waals surface area contributed by atoms with Crippen molar-refractivity contribution in [1.82, 2.24) is 18.9 Å². The molecule has 0 spiro atoms. The first-order valence-electron chi connectivity index (χ1n) is 11.8. The van der Waals surface area contributed by atoms with Gasteiger partial charge in [0, 0.05) is 24.4 Å². The van der Waals surface area contributed by atoms with Gasteiger partial charge in [-0.1, -0.05) is 48.5 Å². The fourth-order valence-electron chi connectivity index (χ4n) is 4.09. The number of hydrogen-bond acceptors (Lipinski definition) is 7. The molecule has 2 N–H and O–H groups in total. The molecular formula is C28H27N5O5. The van der Waals surface area contributed by atoms with Crippen molar-refractivity contribution < 1.29 is 14.3 Å². The van der Waals surface area contributed by atoms with Gasteiger partial charge in [-0.3, -0.25) is 18.7 Å². The van der Waals surface area contributed by atoms with Crippen molar-refractivity contribution >= 4 is 23.6 Å². The highest BCUT2D eigenvalue weighted by Gasteiger charge is 2.22. The molecule has 10 nitrogen and oxygen atoms in total. The summed E-state index contributed by atoms with van der Waals surface area (Å²) in [5.74, 6) is -1.87. The number of carbonyl (C=O) groups excluding carboxylic acids is 2. The molecule has 2 aromatic heterocycles. The number of benzene rings is 2. The van der Waals surface area contributed by atoms with Gasteiger partial charge in [-0.05, 0) is 37.6 Å². The van der Waals surface area contributed by atoms with Gasteiger partial charge in [0.05, 0.1) is 17.9 Å². The molecule has 194 valence electrons. The number of nitrogen functional groups attached to an aromatic ring is 1. The van der Waals surface area contributed by atoms with E-state index in [0.717, 1.165) is 31.6 Å². The fraction of sp³-hybridized carbons (Fsp3) is 0.179. The third kappa shape index (κ3) is 5.24. The van der Waals surface area contributed by atoms with Crippen LogP contribution in [0.15, 0.2) is 76.3 Å². The van der Waals surface area contributed by atoms with E-state index >= 15 is 0 Å². The quantitative estimate of drug-likeness (QED) is 0.217. The molecule has 4 aromatic rings. The Labute approximate surface area is 218 Å². The van der Waals surface area contributed by atoms with Crippen LogP contribution in [0.5, 0.6) is 0 Å². The van der Waals surface area contributed by atoms with Crippen molar-refractivity contribution in [2.45, 2.75) is 20.4 Å².